The van der Waals surface area contributed by atoms with Crippen LogP contribution in [0.25, 0.3) is 0 Å². The van der Waals surface area contributed by atoms with Crippen LogP contribution in [0.2, 0.25) is 0 Å². The number of nitro groups is 1. The van der Waals surface area contributed by atoms with Gasteiger partial charge in [0.25, 0.3) is 5.69 Å². The van der Waals surface area contributed by atoms with Crippen molar-refractivity contribution in [2.75, 3.05) is 25.1 Å². The highest BCUT2D eigenvalue weighted by Crippen LogP contribution is 2.31. The number of anilines is 1. The Labute approximate surface area is 117 Å². The molecule has 1 aromatic rings. The van der Waals surface area contributed by atoms with Crippen molar-refractivity contribution in [3.05, 3.63) is 33.9 Å². The van der Waals surface area contributed by atoms with Gasteiger partial charge in [0.2, 0.25) is 0 Å². The molecule has 1 heterocycles. The molecule has 0 saturated carbocycles. The Morgan fingerprint density at radius 2 is 2.15 bits per heavy atom. The molecular formula is C14H18N2O4. The predicted molar refractivity (Wildman–Crippen MR) is 74.7 cm³/mol. The summed E-state index contributed by atoms with van der Waals surface area (Å²) in [5.74, 6) is -0.132. The third-order valence-corrected chi connectivity index (χ3v) is 3.86. The number of aryl methyl sites for hydroxylation is 1. The minimum atomic E-state index is -0.386. The number of carbonyl (C=O) groups excluding carboxylic acids is 1. The average molecular weight is 278 g/mol. The Balaban J connectivity index is 2.20. The lowest BCUT2D eigenvalue weighted by Gasteiger charge is -2.18. The second-order valence-electron chi connectivity index (χ2n) is 5.24. The maximum atomic E-state index is 11.7. The second kappa shape index (κ2) is 5.48. The highest BCUT2D eigenvalue weighted by Gasteiger charge is 2.35. The molecule has 0 N–H and O–H groups in total. The number of methoxy groups -OCH3 is 1. The number of esters is 1. The summed E-state index contributed by atoms with van der Waals surface area (Å²) in [4.78, 5) is 24.2. The van der Waals surface area contributed by atoms with Crippen molar-refractivity contribution >= 4 is 17.3 Å². The largest absolute Gasteiger partial charge is 0.469 e. The summed E-state index contributed by atoms with van der Waals surface area (Å²) in [6.45, 7) is 5.07. The molecule has 1 aromatic carbocycles. The van der Waals surface area contributed by atoms with Crippen molar-refractivity contribution in [2.45, 2.75) is 13.8 Å². The molecule has 1 aliphatic heterocycles. The minimum Gasteiger partial charge on any atom is -0.469 e. The number of nitro benzene ring substituents is 1. The first kappa shape index (κ1) is 14.3. The zero-order valence-electron chi connectivity index (χ0n) is 11.8. The van der Waals surface area contributed by atoms with Crippen LogP contribution in [0.3, 0.4) is 0 Å². The Morgan fingerprint density at radius 1 is 1.45 bits per heavy atom. The van der Waals surface area contributed by atoms with Crippen molar-refractivity contribution in [3.63, 3.8) is 0 Å². The van der Waals surface area contributed by atoms with E-state index in [9.17, 15) is 14.9 Å². The zero-order valence-corrected chi connectivity index (χ0v) is 11.8. The van der Waals surface area contributed by atoms with Crippen LogP contribution in [-0.2, 0) is 9.53 Å². The molecule has 0 bridgehead atoms. The van der Waals surface area contributed by atoms with Crippen LogP contribution in [-0.4, -0.2) is 31.1 Å². The number of hydrogen-bond acceptors (Lipinski definition) is 5. The van der Waals surface area contributed by atoms with E-state index < -0.39 is 0 Å². The number of carbonyl (C=O) groups is 1. The SMILES string of the molecule is COC(=O)C1CN(c2ccc([N+](=O)[O-])c(C)c2)CC1C. The lowest BCUT2D eigenvalue weighted by Crippen LogP contribution is -2.24. The fourth-order valence-corrected chi connectivity index (χ4v) is 2.68. The average Bonchev–Trinajstić information content (AvgIpc) is 2.79. The Morgan fingerprint density at radius 3 is 2.70 bits per heavy atom. The molecule has 6 nitrogen and oxygen atoms in total. The van der Waals surface area contributed by atoms with E-state index in [0.717, 1.165) is 12.2 Å². The Kier molecular flexibility index (Phi) is 3.92. The Bertz CT molecular complexity index is 544. The molecule has 1 saturated heterocycles. The molecule has 0 aliphatic carbocycles. The number of ether oxygens (including phenoxy) is 1. The van der Waals surface area contributed by atoms with E-state index in [2.05, 4.69) is 4.90 Å². The molecule has 1 fully saturated rings. The molecule has 0 amide bonds. The van der Waals surface area contributed by atoms with Crippen molar-refractivity contribution in [3.8, 4) is 0 Å². The molecule has 6 heteroatoms. The molecule has 0 radical (unpaired) electrons. The van der Waals surface area contributed by atoms with Gasteiger partial charge in [-0.05, 0) is 25.0 Å². The molecule has 0 aromatic heterocycles. The van der Waals surface area contributed by atoms with E-state index in [1.54, 1.807) is 19.1 Å². The van der Waals surface area contributed by atoms with Gasteiger partial charge in [-0.3, -0.25) is 14.9 Å². The first-order chi connectivity index (χ1) is 9.43. The van der Waals surface area contributed by atoms with Crippen molar-refractivity contribution in [1.82, 2.24) is 0 Å². The van der Waals surface area contributed by atoms with Gasteiger partial charge in [-0.15, -0.1) is 0 Å². The summed E-state index contributed by atoms with van der Waals surface area (Å²) in [5.41, 5.74) is 1.65. The monoisotopic (exact) mass is 278 g/mol. The second-order valence-corrected chi connectivity index (χ2v) is 5.24. The van der Waals surface area contributed by atoms with Gasteiger partial charge in [0.1, 0.15) is 0 Å². The van der Waals surface area contributed by atoms with Crippen molar-refractivity contribution in [1.29, 1.82) is 0 Å². The van der Waals surface area contributed by atoms with E-state index in [1.807, 2.05) is 6.92 Å². The summed E-state index contributed by atoms with van der Waals surface area (Å²) in [6.07, 6.45) is 0. The minimum absolute atomic E-state index is 0.116. The van der Waals surface area contributed by atoms with Crippen LogP contribution in [0.4, 0.5) is 11.4 Å². The van der Waals surface area contributed by atoms with Crippen LogP contribution < -0.4 is 4.90 Å². The van der Waals surface area contributed by atoms with Crippen LogP contribution >= 0.6 is 0 Å². The first-order valence-corrected chi connectivity index (χ1v) is 6.52. The highest BCUT2D eigenvalue weighted by atomic mass is 16.6. The molecule has 108 valence electrons. The highest BCUT2D eigenvalue weighted by molar-refractivity contribution is 5.74. The number of rotatable bonds is 3. The van der Waals surface area contributed by atoms with E-state index in [4.69, 9.17) is 4.74 Å². The fourth-order valence-electron chi connectivity index (χ4n) is 2.68. The quantitative estimate of drug-likeness (QED) is 0.481. The van der Waals surface area contributed by atoms with Gasteiger partial charge in [-0.1, -0.05) is 6.92 Å². The fraction of sp³-hybridized carbons (Fsp3) is 0.500. The van der Waals surface area contributed by atoms with Gasteiger partial charge in [0, 0.05) is 30.4 Å². The Hall–Kier alpha value is -2.11. The molecule has 1 aliphatic rings. The maximum Gasteiger partial charge on any atom is 0.310 e. The predicted octanol–water partition coefficient (Wildman–Crippen LogP) is 2.15. The third kappa shape index (κ3) is 2.59. The molecule has 20 heavy (non-hydrogen) atoms. The number of hydrogen-bond donors (Lipinski definition) is 0. The van der Waals surface area contributed by atoms with Crippen LogP contribution in [0.5, 0.6) is 0 Å². The summed E-state index contributed by atoms with van der Waals surface area (Å²) >= 11 is 0. The number of benzene rings is 1. The van der Waals surface area contributed by atoms with Gasteiger partial charge in [-0.25, -0.2) is 0 Å². The standard InChI is InChI=1S/C14H18N2O4/c1-9-6-11(4-5-13(9)16(18)19)15-7-10(2)12(8-15)14(17)20-3/h4-6,10,12H,7-8H2,1-3H3. The summed E-state index contributed by atoms with van der Waals surface area (Å²) < 4.78 is 4.81. The van der Waals surface area contributed by atoms with Gasteiger partial charge in [0.05, 0.1) is 18.0 Å². The van der Waals surface area contributed by atoms with Crippen molar-refractivity contribution < 1.29 is 14.5 Å². The lowest BCUT2D eigenvalue weighted by atomic mass is 9.99. The zero-order chi connectivity index (χ0) is 14.9. The molecule has 2 unspecified atom stereocenters. The molecular weight excluding hydrogens is 260 g/mol. The van der Waals surface area contributed by atoms with E-state index >= 15 is 0 Å². The van der Waals surface area contributed by atoms with E-state index in [-0.39, 0.29) is 28.4 Å². The summed E-state index contributed by atoms with van der Waals surface area (Å²) in [6, 6.07) is 5.04. The first-order valence-electron chi connectivity index (χ1n) is 6.52. The van der Waals surface area contributed by atoms with Gasteiger partial charge < -0.3 is 9.64 Å². The topological polar surface area (TPSA) is 72.7 Å². The van der Waals surface area contributed by atoms with Gasteiger partial charge >= 0.3 is 5.97 Å². The normalized spacial score (nSPS) is 21.9. The van der Waals surface area contributed by atoms with E-state index in [0.29, 0.717) is 12.1 Å². The summed E-state index contributed by atoms with van der Waals surface area (Å²) in [5, 5.41) is 10.8. The van der Waals surface area contributed by atoms with Gasteiger partial charge in [0.15, 0.2) is 0 Å². The van der Waals surface area contributed by atoms with Crippen molar-refractivity contribution in [2.24, 2.45) is 11.8 Å². The van der Waals surface area contributed by atoms with Crippen LogP contribution in [0, 0.1) is 28.9 Å². The van der Waals surface area contributed by atoms with Crippen LogP contribution in [0.15, 0.2) is 18.2 Å². The molecule has 0 spiro atoms. The third-order valence-electron chi connectivity index (χ3n) is 3.86. The molecule has 2 rings (SSSR count). The number of nitrogens with zero attached hydrogens (tertiary/aromatic N) is 2. The summed E-state index contributed by atoms with van der Waals surface area (Å²) in [7, 11) is 1.40. The van der Waals surface area contributed by atoms with Crippen LogP contribution in [0.1, 0.15) is 12.5 Å². The lowest BCUT2D eigenvalue weighted by molar-refractivity contribution is -0.385. The maximum absolute atomic E-state index is 11.7. The van der Waals surface area contributed by atoms with E-state index in [1.165, 1.54) is 13.2 Å². The smallest absolute Gasteiger partial charge is 0.310 e. The molecule has 2 atom stereocenters. The van der Waals surface area contributed by atoms with Gasteiger partial charge in [-0.2, -0.15) is 0 Å².